The molecule has 0 fully saturated rings. The zero-order chi connectivity index (χ0) is 16.1. The molecule has 5 nitrogen and oxygen atoms in total. The first-order valence-electron chi connectivity index (χ1n) is 6.47. The summed E-state index contributed by atoms with van der Waals surface area (Å²) in [5.74, 6) is -0.212. The molecule has 8 heteroatoms. The van der Waals surface area contributed by atoms with E-state index in [2.05, 4.69) is 21.2 Å². The van der Waals surface area contributed by atoms with Crippen molar-refractivity contribution >= 4 is 51.9 Å². The Bertz CT molecular complexity index is 702. The van der Waals surface area contributed by atoms with Gasteiger partial charge in [0.15, 0.2) is 5.11 Å². The lowest BCUT2D eigenvalue weighted by Gasteiger charge is -2.12. The third-order valence-electron chi connectivity index (χ3n) is 2.75. The van der Waals surface area contributed by atoms with Crippen LogP contribution in [0.3, 0.4) is 0 Å². The molecule has 1 aromatic carbocycles. The molecule has 0 spiro atoms. The number of hydrazine groups is 1. The molecule has 1 amide bonds. The number of amides is 1. The fraction of sp³-hybridized carbons (Fsp3) is 0.214. The van der Waals surface area contributed by atoms with E-state index in [0.717, 1.165) is 22.0 Å². The minimum Gasteiger partial charge on any atom is -0.331 e. The molecule has 2 aromatic rings. The van der Waals surface area contributed by atoms with Crippen LogP contribution in [-0.4, -0.2) is 16.0 Å². The SMILES string of the molecule is Cc1nc(CC(=O)NNC(=S)Nc2ccc(C)c(Cl)c2)cs1. The van der Waals surface area contributed by atoms with Crippen LogP contribution >= 0.6 is 35.2 Å². The first-order valence-corrected chi connectivity index (χ1v) is 8.13. The second kappa shape index (κ2) is 7.53. The highest BCUT2D eigenvalue weighted by molar-refractivity contribution is 7.80. The Kier molecular flexibility index (Phi) is 5.70. The molecule has 0 saturated heterocycles. The summed E-state index contributed by atoms with van der Waals surface area (Å²) in [5.41, 5.74) is 7.64. The predicted octanol–water partition coefficient (Wildman–Crippen LogP) is 2.97. The number of nitrogens with zero attached hydrogens (tertiary/aromatic N) is 1. The second-order valence-corrected chi connectivity index (χ2v) is 6.50. The average molecular weight is 355 g/mol. The van der Waals surface area contributed by atoms with Crippen LogP contribution in [-0.2, 0) is 11.2 Å². The fourth-order valence-corrected chi connectivity index (χ4v) is 2.62. The van der Waals surface area contributed by atoms with Gasteiger partial charge in [0.05, 0.1) is 17.1 Å². The Balaban J connectivity index is 1.79. The van der Waals surface area contributed by atoms with Gasteiger partial charge in [-0.2, -0.15) is 0 Å². The van der Waals surface area contributed by atoms with E-state index in [1.54, 1.807) is 6.07 Å². The Morgan fingerprint density at radius 1 is 1.36 bits per heavy atom. The highest BCUT2D eigenvalue weighted by Gasteiger charge is 2.07. The zero-order valence-electron chi connectivity index (χ0n) is 12.1. The first kappa shape index (κ1) is 16.7. The van der Waals surface area contributed by atoms with Gasteiger partial charge in [-0.25, -0.2) is 4.98 Å². The van der Waals surface area contributed by atoms with E-state index >= 15 is 0 Å². The summed E-state index contributed by atoms with van der Waals surface area (Å²) in [6.45, 7) is 3.82. The molecule has 2 rings (SSSR count). The molecule has 0 aliphatic rings. The summed E-state index contributed by atoms with van der Waals surface area (Å²) in [6.07, 6.45) is 0.205. The van der Waals surface area contributed by atoms with Crippen molar-refractivity contribution < 1.29 is 4.79 Å². The number of aryl methyl sites for hydroxylation is 2. The fourth-order valence-electron chi connectivity index (χ4n) is 1.66. The van der Waals surface area contributed by atoms with Crippen molar-refractivity contribution in [2.24, 2.45) is 0 Å². The molecule has 116 valence electrons. The van der Waals surface area contributed by atoms with Crippen molar-refractivity contribution in [1.29, 1.82) is 0 Å². The molecule has 0 aliphatic heterocycles. The number of halogens is 1. The third kappa shape index (κ3) is 4.94. The minimum atomic E-state index is -0.212. The maximum atomic E-state index is 11.8. The number of thiazole rings is 1. The van der Waals surface area contributed by atoms with Gasteiger partial charge in [0.25, 0.3) is 0 Å². The summed E-state index contributed by atoms with van der Waals surface area (Å²) >= 11 is 12.7. The van der Waals surface area contributed by atoms with Crippen molar-refractivity contribution in [2.45, 2.75) is 20.3 Å². The summed E-state index contributed by atoms with van der Waals surface area (Å²) in [4.78, 5) is 16.0. The largest absolute Gasteiger partial charge is 0.331 e. The van der Waals surface area contributed by atoms with Gasteiger partial charge in [-0.3, -0.25) is 15.6 Å². The first-order chi connectivity index (χ1) is 10.4. The van der Waals surface area contributed by atoms with Crippen molar-refractivity contribution in [2.75, 3.05) is 5.32 Å². The van der Waals surface area contributed by atoms with Crippen LogP contribution in [0.15, 0.2) is 23.6 Å². The Morgan fingerprint density at radius 3 is 2.77 bits per heavy atom. The van der Waals surface area contributed by atoms with Crippen molar-refractivity contribution in [3.05, 3.63) is 44.9 Å². The highest BCUT2D eigenvalue weighted by Crippen LogP contribution is 2.19. The van der Waals surface area contributed by atoms with Gasteiger partial charge in [0.2, 0.25) is 5.91 Å². The molecule has 0 radical (unpaired) electrons. The number of carbonyl (C=O) groups is 1. The van der Waals surface area contributed by atoms with Gasteiger partial charge >= 0.3 is 0 Å². The van der Waals surface area contributed by atoms with Gasteiger partial charge < -0.3 is 5.32 Å². The number of rotatable bonds is 3. The van der Waals surface area contributed by atoms with Crippen LogP contribution < -0.4 is 16.2 Å². The zero-order valence-corrected chi connectivity index (χ0v) is 14.5. The van der Waals surface area contributed by atoms with Crippen LogP contribution in [0.1, 0.15) is 16.3 Å². The van der Waals surface area contributed by atoms with Crippen LogP contribution in [0.2, 0.25) is 5.02 Å². The predicted molar refractivity (Wildman–Crippen MR) is 94.2 cm³/mol. The number of aromatic nitrogens is 1. The van der Waals surface area contributed by atoms with Crippen LogP contribution in [0.5, 0.6) is 0 Å². The van der Waals surface area contributed by atoms with Gasteiger partial charge in [-0.1, -0.05) is 17.7 Å². The molecule has 0 unspecified atom stereocenters. The molecule has 0 bridgehead atoms. The topological polar surface area (TPSA) is 66.0 Å². The average Bonchev–Trinajstić information content (AvgIpc) is 2.86. The Hall–Kier alpha value is -1.70. The Labute approximate surface area is 143 Å². The lowest BCUT2D eigenvalue weighted by Crippen LogP contribution is -2.44. The van der Waals surface area contributed by atoms with E-state index in [9.17, 15) is 4.79 Å². The van der Waals surface area contributed by atoms with E-state index in [1.165, 1.54) is 11.3 Å². The van der Waals surface area contributed by atoms with Gasteiger partial charge in [0, 0.05) is 16.1 Å². The Morgan fingerprint density at radius 2 is 2.14 bits per heavy atom. The van der Waals surface area contributed by atoms with E-state index in [-0.39, 0.29) is 17.4 Å². The smallest absolute Gasteiger partial charge is 0.244 e. The summed E-state index contributed by atoms with van der Waals surface area (Å²) in [5, 5.41) is 6.67. The van der Waals surface area contributed by atoms with Crippen LogP contribution in [0.25, 0.3) is 0 Å². The van der Waals surface area contributed by atoms with Crippen LogP contribution in [0, 0.1) is 13.8 Å². The van der Waals surface area contributed by atoms with E-state index in [1.807, 2.05) is 31.4 Å². The number of nitrogens with one attached hydrogen (secondary N) is 3. The van der Waals surface area contributed by atoms with Crippen LogP contribution in [0.4, 0.5) is 5.69 Å². The van der Waals surface area contributed by atoms with E-state index in [4.69, 9.17) is 23.8 Å². The number of hydrogen-bond acceptors (Lipinski definition) is 4. The number of hydrogen-bond donors (Lipinski definition) is 3. The minimum absolute atomic E-state index is 0.205. The number of anilines is 1. The molecule has 0 aliphatic carbocycles. The molecular weight excluding hydrogens is 340 g/mol. The molecule has 3 N–H and O–H groups in total. The monoisotopic (exact) mass is 354 g/mol. The second-order valence-electron chi connectivity index (χ2n) is 4.63. The maximum Gasteiger partial charge on any atom is 0.244 e. The molecular formula is C14H15ClN4OS2. The van der Waals surface area contributed by atoms with Gasteiger partial charge in [0.1, 0.15) is 0 Å². The lowest BCUT2D eigenvalue weighted by molar-refractivity contribution is -0.121. The van der Waals surface area contributed by atoms with Gasteiger partial charge in [-0.15, -0.1) is 11.3 Å². The lowest BCUT2D eigenvalue weighted by atomic mass is 10.2. The molecule has 1 aromatic heterocycles. The summed E-state index contributed by atoms with van der Waals surface area (Å²) in [7, 11) is 0. The number of carbonyl (C=O) groups excluding carboxylic acids is 1. The molecule has 22 heavy (non-hydrogen) atoms. The third-order valence-corrected chi connectivity index (χ3v) is 4.19. The standard InChI is InChI=1S/C14H15ClN4OS2/c1-8-3-4-10(5-12(8)15)17-14(21)19-18-13(20)6-11-7-22-9(2)16-11/h3-5,7H,6H2,1-2H3,(H,18,20)(H2,17,19,21). The quantitative estimate of drug-likeness (QED) is 0.584. The van der Waals surface area contributed by atoms with E-state index in [0.29, 0.717) is 5.02 Å². The molecule has 0 saturated carbocycles. The normalized spacial score (nSPS) is 10.1. The summed E-state index contributed by atoms with van der Waals surface area (Å²) in [6, 6.07) is 5.51. The van der Waals surface area contributed by atoms with Crippen molar-refractivity contribution in [3.63, 3.8) is 0 Å². The number of thiocarbonyl (C=S) groups is 1. The van der Waals surface area contributed by atoms with Crippen molar-refractivity contribution in [1.82, 2.24) is 15.8 Å². The van der Waals surface area contributed by atoms with Gasteiger partial charge in [-0.05, 0) is 43.8 Å². The molecule has 0 atom stereocenters. The maximum absolute atomic E-state index is 11.8. The number of benzene rings is 1. The highest BCUT2D eigenvalue weighted by atomic mass is 35.5. The van der Waals surface area contributed by atoms with E-state index < -0.39 is 0 Å². The molecule has 1 heterocycles. The summed E-state index contributed by atoms with van der Waals surface area (Å²) < 4.78 is 0. The van der Waals surface area contributed by atoms with Crippen molar-refractivity contribution in [3.8, 4) is 0 Å².